The summed E-state index contributed by atoms with van der Waals surface area (Å²) in [5.41, 5.74) is -0.896. The Kier molecular flexibility index (Phi) is 3.37. The first-order valence-corrected chi connectivity index (χ1v) is 5.93. The maximum atomic E-state index is 13.7. The third kappa shape index (κ3) is 2.49. The van der Waals surface area contributed by atoms with Crippen LogP contribution in [0.15, 0.2) is 12.1 Å². The van der Waals surface area contributed by atoms with Crippen LogP contribution in [0.3, 0.4) is 0 Å². The Bertz CT molecular complexity index is 543. The number of carbonyl (C=O) groups is 1. The lowest BCUT2D eigenvalue weighted by Gasteiger charge is -2.22. The third-order valence-electron chi connectivity index (χ3n) is 3.13. The molecule has 0 bridgehead atoms. The summed E-state index contributed by atoms with van der Waals surface area (Å²) in [6, 6.07) is 1.92. The SMILES string of the molecule is CCN(c1cc(F)c(C(=O)O)cc1[N+](=O)[O-])C1CC1. The monoisotopic (exact) mass is 268 g/mol. The van der Waals surface area contributed by atoms with Crippen LogP contribution in [-0.2, 0) is 0 Å². The molecule has 1 aromatic rings. The van der Waals surface area contributed by atoms with Gasteiger partial charge in [0, 0.05) is 24.7 Å². The van der Waals surface area contributed by atoms with Gasteiger partial charge in [0.05, 0.1) is 4.92 Å². The Labute approximate surface area is 108 Å². The molecule has 102 valence electrons. The van der Waals surface area contributed by atoms with E-state index in [0.29, 0.717) is 6.54 Å². The molecular formula is C12H13FN2O4. The molecule has 0 radical (unpaired) electrons. The van der Waals surface area contributed by atoms with Gasteiger partial charge in [-0.2, -0.15) is 0 Å². The van der Waals surface area contributed by atoms with Gasteiger partial charge in [-0.05, 0) is 19.8 Å². The van der Waals surface area contributed by atoms with Gasteiger partial charge in [0.2, 0.25) is 0 Å². The first-order valence-electron chi connectivity index (χ1n) is 5.93. The van der Waals surface area contributed by atoms with E-state index in [0.717, 1.165) is 25.0 Å². The molecule has 0 amide bonds. The quantitative estimate of drug-likeness (QED) is 0.655. The Balaban J connectivity index is 2.55. The highest BCUT2D eigenvalue weighted by Gasteiger charge is 2.33. The number of nitrogens with zero attached hydrogens (tertiary/aromatic N) is 2. The molecule has 0 unspecified atom stereocenters. The number of rotatable bonds is 5. The Hall–Kier alpha value is -2.18. The fraction of sp³-hybridized carbons (Fsp3) is 0.417. The third-order valence-corrected chi connectivity index (χ3v) is 3.13. The van der Waals surface area contributed by atoms with Gasteiger partial charge in [-0.1, -0.05) is 0 Å². The minimum absolute atomic E-state index is 0.150. The van der Waals surface area contributed by atoms with Gasteiger partial charge >= 0.3 is 5.97 Å². The number of anilines is 1. The van der Waals surface area contributed by atoms with Crippen molar-refractivity contribution in [2.24, 2.45) is 0 Å². The number of nitro groups is 1. The van der Waals surface area contributed by atoms with E-state index in [4.69, 9.17) is 5.11 Å². The van der Waals surface area contributed by atoms with Crippen molar-refractivity contribution in [1.82, 2.24) is 0 Å². The van der Waals surface area contributed by atoms with Crippen molar-refractivity contribution >= 4 is 17.3 Å². The largest absolute Gasteiger partial charge is 0.478 e. The normalized spacial score (nSPS) is 14.2. The van der Waals surface area contributed by atoms with Crippen molar-refractivity contribution in [3.63, 3.8) is 0 Å². The van der Waals surface area contributed by atoms with Gasteiger partial charge in [0.15, 0.2) is 0 Å². The van der Waals surface area contributed by atoms with Gasteiger partial charge < -0.3 is 10.0 Å². The number of benzene rings is 1. The van der Waals surface area contributed by atoms with Gasteiger partial charge in [-0.15, -0.1) is 0 Å². The standard InChI is InChI=1S/C12H13FN2O4/c1-2-14(7-3-4-7)10-6-9(13)8(12(16)17)5-11(10)15(18)19/h5-7H,2-4H2,1H3,(H,16,17). The second-order valence-electron chi connectivity index (χ2n) is 4.40. The number of carboxylic acids is 1. The van der Waals surface area contributed by atoms with Crippen molar-refractivity contribution in [2.45, 2.75) is 25.8 Å². The van der Waals surface area contributed by atoms with Crippen LogP contribution in [0.1, 0.15) is 30.1 Å². The number of hydrogen-bond donors (Lipinski definition) is 1. The lowest BCUT2D eigenvalue weighted by Crippen LogP contribution is -2.26. The number of nitro benzene ring substituents is 1. The number of carboxylic acid groups (broad SMARTS) is 1. The Morgan fingerprint density at radius 2 is 2.21 bits per heavy atom. The summed E-state index contributed by atoms with van der Waals surface area (Å²) in [4.78, 5) is 22.9. The second kappa shape index (κ2) is 4.83. The summed E-state index contributed by atoms with van der Waals surface area (Å²) >= 11 is 0. The molecule has 1 saturated carbocycles. The van der Waals surface area contributed by atoms with Crippen molar-refractivity contribution in [3.05, 3.63) is 33.6 Å². The van der Waals surface area contributed by atoms with Crippen molar-refractivity contribution in [1.29, 1.82) is 0 Å². The zero-order valence-corrected chi connectivity index (χ0v) is 10.3. The van der Waals surface area contributed by atoms with Crippen LogP contribution in [0.2, 0.25) is 0 Å². The van der Waals surface area contributed by atoms with Crippen molar-refractivity contribution in [2.75, 3.05) is 11.4 Å². The summed E-state index contributed by atoms with van der Waals surface area (Å²) in [5, 5.41) is 19.8. The van der Waals surface area contributed by atoms with Gasteiger partial charge in [-0.3, -0.25) is 10.1 Å². The molecule has 2 rings (SSSR count). The average Bonchev–Trinajstić information content (AvgIpc) is 3.13. The highest BCUT2D eigenvalue weighted by Crippen LogP contribution is 2.38. The molecular weight excluding hydrogens is 255 g/mol. The first-order chi connectivity index (χ1) is 8.95. The molecule has 6 nitrogen and oxygen atoms in total. The summed E-state index contributed by atoms with van der Waals surface area (Å²) in [5.74, 6) is -2.46. The minimum atomic E-state index is -1.51. The molecule has 7 heteroatoms. The first kappa shape index (κ1) is 13.3. The van der Waals surface area contributed by atoms with E-state index >= 15 is 0 Å². The van der Waals surface area contributed by atoms with E-state index in [1.807, 2.05) is 6.92 Å². The topological polar surface area (TPSA) is 83.7 Å². The molecule has 0 heterocycles. The smallest absolute Gasteiger partial charge is 0.338 e. The molecule has 0 aromatic heterocycles. The Morgan fingerprint density at radius 1 is 1.58 bits per heavy atom. The second-order valence-corrected chi connectivity index (χ2v) is 4.40. The predicted octanol–water partition coefficient (Wildman–Crippen LogP) is 2.42. The van der Waals surface area contributed by atoms with Crippen LogP contribution >= 0.6 is 0 Å². The fourth-order valence-corrected chi connectivity index (χ4v) is 2.10. The maximum Gasteiger partial charge on any atom is 0.338 e. The van der Waals surface area contributed by atoms with Gasteiger partial charge in [-0.25, -0.2) is 9.18 Å². The Morgan fingerprint density at radius 3 is 2.63 bits per heavy atom. The lowest BCUT2D eigenvalue weighted by molar-refractivity contribution is -0.384. The average molecular weight is 268 g/mol. The van der Waals surface area contributed by atoms with Crippen LogP contribution < -0.4 is 4.90 Å². The summed E-state index contributed by atoms with van der Waals surface area (Å²) < 4.78 is 13.7. The molecule has 1 fully saturated rings. The van der Waals surface area contributed by atoms with Gasteiger partial charge in [0.1, 0.15) is 17.1 Å². The summed E-state index contributed by atoms with van der Waals surface area (Å²) in [6.07, 6.45) is 1.82. The lowest BCUT2D eigenvalue weighted by atomic mass is 10.1. The van der Waals surface area contributed by atoms with E-state index < -0.39 is 22.3 Å². The van der Waals surface area contributed by atoms with Crippen LogP contribution in [0.5, 0.6) is 0 Å². The highest BCUT2D eigenvalue weighted by atomic mass is 19.1. The molecule has 0 aliphatic heterocycles. The minimum Gasteiger partial charge on any atom is -0.478 e. The molecule has 19 heavy (non-hydrogen) atoms. The number of aromatic carboxylic acids is 1. The molecule has 1 aromatic carbocycles. The van der Waals surface area contributed by atoms with Crippen LogP contribution in [-0.4, -0.2) is 28.6 Å². The van der Waals surface area contributed by atoms with E-state index in [1.54, 1.807) is 4.90 Å². The van der Waals surface area contributed by atoms with Gasteiger partial charge in [0.25, 0.3) is 5.69 Å². The van der Waals surface area contributed by atoms with Crippen LogP contribution in [0, 0.1) is 15.9 Å². The molecule has 1 aliphatic rings. The van der Waals surface area contributed by atoms with E-state index in [2.05, 4.69) is 0 Å². The number of hydrogen-bond acceptors (Lipinski definition) is 4. The van der Waals surface area contributed by atoms with Crippen LogP contribution in [0.25, 0.3) is 0 Å². The zero-order chi connectivity index (χ0) is 14.2. The van der Waals surface area contributed by atoms with E-state index in [9.17, 15) is 19.3 Å². The predicted molar refractivity (Wildman–Crippen MR) is 66.1 cm³/mol. The fourth-order valence-electron chi connectivity index (χ4n) is 2.10. The van der Waals surface area contributed by atoms with E-state index in [-0.39, 0.29) is 17.4 Å². The van der Waals surface area contributed by atoms with Crippen molar-refractivity contribution < 1.29 is 19.2 Å². The summed E-state index contributed by atoms with van der Waals surface area (Å²) in [6.45, 7) is 2.34. The molecule has 0 atom stereocenters. The van der Waals surface area contributed by atoms with Crippen LogP contribution in [0.4, 0.5) is 15.8 Å². The number of halogens is 1. The zero-order valence-electron chi connectivity index (χ0n) is 10.3. The molecule has 0 spiro atoms. The van der Waals surface area contributed by atoms with Crippen molar-refractivity contribution in [3.8, 4) is 0 Å². The van der Waals surface area contributed by atoms with E-state index in [1.165, 1.54) is 0 Å². The summed E-state index contributed by atoms with van der Waals surface area (Å²) in [7, 11) is 0. The molecule has 0 saturated heterocycles. The molecule has 1 aliphatic carbocycles. The highest BCUT2D eigenvalue weighted by molar-refractivity contribution is 5.90. The molecule has 1 N–H and O–H groups in total. The maximum absolute atomic E-state index is 13.7.